The first-order valence-electron chi connectivity index (χ1n) is 5.92. The Kier molecular flexibility index (Phi) is 4.06. The van der Waals surface area contributed by atoms with Crippen molar-refractivity contribution in [1.82, 2.24) is 25.5 Å². The second-order valence-electron chi connectivity index (χ2n) is 4.18. The topological polar surface area (TPSA) is 64.9 Å². The third-order valence-corrected chi connectivity index (χ3v) is 2.80. The smallest absolute Gasteiger partial charge is 0.212 e. The van der Waals surface area contributed by atoms with Gasteiger partial charge in [0, 0.05) is 6.04 Å². The molecule has 2 rings (SSSR count). The maximum atomic E-state index is 13.8. The molecule has 2 aromatic rings. The van der Waals surface area contributed by atoms with Crippen LogP contribution in [0.2, 0.25) is 0 Å². The fourth-order valence-electron chi connectivity index (χ4n) is 1.59. The van der Waals surface area contributed by atoms with Crippen molar-refractivity contribution in [2.45, 2.75) is 19.6 Å². The van der Waals surface area contributed by atoms with Gasteiger partial charge in [0.1, 0.15) is 0 Å². The summed E-state index contributed by atoms with van der Waals surface area (Å²) in [5.74, 6) is 0.192. The predicted octanol–water partition coefficient (Wildman–Crippen LogP) is 1.21. The highest BCUT2D eigenvalue weighted by molar-refractivity contribution is 5.30. The average Bonchev–Trinajstić information content (AvgIpc) is 2.82. The van der Waals surface area contributed by atoms with E-state index in [4.69, 9.17) is 4.74 Å². The average molecular weight is 265 g/mol. The van der Waals surface area contributed by atoms with Gasteiger partial charge in [-0.25, -0.2) is 4.39 Å². The van der Waals surface area contributed by atoms with Gasteiger partial charge in [-0.15, -0.1) is 10.2 Å². The zero-order valence-corrected chi connectivity index (χ0v) is 11.1. The molecule has 0 saturated heterocycles. The SMILES string of the molecule is CNC(C)c1ccc(OCc2nnn(C)n2)c(F)c1. The van der Waals surface area contributed by atoms with E-state index in [0.717, 1.165) is 5.56 Å². The molecule has 1 aromatic heterocycles. The van der Waals surface area contributed by atoms with Crippen LogP contribution >= 0.6 is 0 Å². The van der Waals surface area contributed by atoms with Gasteiger partial charge < -0.3 is 10.1 Å². The van der Waals surface area contributed by atoms with Crippen LogP contribution in [0.15, 0.2) is 18.2 Å². The Balaban J connectivity index is 2.05. The summed E-state index contributed by atoms with van der Waals surface area (Å²) < 4.78 is 19.2. The summed E-state index contributed by atoms with van der Waals surface area (Å²) in [6.45, 7) is 2.05. The van der Waals surface area contributed by atoms with Crippen LogP contribution in [0.4, 0.5) is 4.39 Å². The third-order valence-electron chi connectivity index (χ3n) is 2.80. The lowest BCUT2D eigenvalue weighted by Crippen LogP contribution is -2.12. The fraction of sp³-hybridized carbons (Fsp3) is 0.417. The molecule has 1 atom stereocenters. The first kappa shape index (κ1) is 13.4. The monoisotopic (exact) mass is 265 g/mol. The third kappa shape index (κ3) is 3.25. The van der Waals surface area contributed by atoms with Gasteiger partial charge in [0.05, 0.1) is 7.05 Å². The van der Waals surface area contributed by atoms with Crippen molar-refractivity contribution in [2.24, 2.45) is 7.05 Å². The highest BCUT2D eigenvalue weighted by Gasteiger charge is 2.10. The molecule has 19 heavy (non-hydrogen) atoms. The first-order chi connectivity index (χ1) is 9.10. The molecule has 102 valence electrons. The van der Waals surface area contributed by atoms with E-state index in [1.807, 2.05) is 20.0 Å². The molecule has 0 spiro atoms. The second-order valence-corrected chi connectivity index (χ2v) is 4.18. The van der Waals surface area contributed by atoms with Crippen LogP contribution in [0.25, 0.3) is 0 Å². The van der Waals surface area contributed by atoms with Gasteiger partial charge >= 0.3 is 0 Å². The Morgan fingerprint density at radius 1 is 1.47 bits per heavy atom. The standard InChI is InChI=1S/C12H16FN5O/c1-8(14-2)9-4-5-11(10(13)6-9)19-7-12-15-17-18(3)16-12/h4-6,8,14H,7H2,1-3H3. The number of rotatable bonds is 5. The van der Waals surface area contributed by atoms with Gasteiger partial charge in [0.15, 0.2) is 18.2 Å². The zero-order chi connectivity index (χ0) is 13.8. The molecule has 0 aliphatic rings. The summed E-state index contributed by atoms with van der Waals surface area (Å²) in [7, 11) is 3.48. The zero-order valence-electron chi connectivity index (χ0n) is 11.1. The van der Waals surface area contributed by atoms with E-state index in [9.17, 15) is 4.39 Å². The molecule has 0 saturated carbocycles. The van der Waals surface area contributed by atoms with Crippen molar-refractivity contribution in [2.75, 3.05) is 7.05 Å². The lowest BCUT2D eigenvalue weighted by Gasteiger charge is -2.12. The van der Waals surface area contributed by atoms with Crippen molar-refractivity contribution in [3.05, 3.63) is 35.4 Å². The maximum absolute atomic E-state index is 13.8. The Morgan fingerprint density at radius 2 is 2.26 bits per heavy atom. The number of benzene rings is 1. The quantitative estimate of drug-likeness (QED) is 0.880. The lowest BCUT2D eigenvalue weighted by molar-refractivity contribution is 0.280. The summed E-state index contributed by atoms with van der Waals surface area (Å²) >= 11 is 0. The minimum absolute atomic E-state index is 0.0882. The minimum Gasteiger partial charge on any atom is -0.482 e. The molecular weight excluding hydrogens is 249 g/mol. The normalized spacial score (nSPS) is 12.4. The van der Waals surface area contributed by atoms with Crippen molar-refractivity contribution >= 4 is 0 Å². The van der Waals surface area contributed by atoms with Crippen molar-refractivity contribution in [3.63, 3.8) is 0 Å². The molecule has 1 aromatic carbocycles. The van der Waals surface area contributed by atoms with Gasteiger partial charge in [-0.2, -0.15) is 4.80 Å². The molecule has 1 heterocycles. The van der Waals surface area contributed by atoms with Crippen LogP contribution in [-0.2, 0) is 13.7 Å². The van der Waals surface area contributed by atoms with E-state index in [0.29, 0.717) is 5.82 Å². The molecule has 0 bridgehead atoms. The van der Waals surface area contributed by atoms with Gasteiger partial charge in [0.25, 0.3) is 0 Å². The van der Waals surface area contributed by atoms with Crippen molar-refractivity contribution in [3.8, 4) is 5.75 Å². The van der Waals surface area contributed by atoms with Crippen LogP contribution in [0.3, 0.4) is 0 Å². The molecule has 0 radical (unpaired) electrons. The Labute approximate surface area is 110 Å². The highest BCUT2D eigenvalue weighted by Crippen LogP contribution is 2.22. The van der Waals surface area contributed by atoms with Crippen LogP contribution in [0, 0.1) is 5.82 Å². The van der Waals surface area contributed by atoms with Crippen molar-refractivity contribution in [1.29, 1.82) is 0 Å². The molecule has 0 aliphatic carbocycles. The number of hydrogen-bond acceptors (Lipinski definition) is 5. The van der Waals surface area contributed by atoms with Gasteiger partial charge in [-0.1, -0.05) is 6.07 Å². The van der Waals surface area contributed by atoms with Gasteiger partial charge in [0.2, 0.25) is 5.82 Å². The summed E-state index contributed by atoms with van der Waals surface area (Å²) in [4.78, 5) is 1.33. The van der Waals surface area contributed by atoms with Gasteiger partial charge in [-0.3, -0.25) is 0 Å². The molecule has 0 amide bonds. The predicted molar refractivity (Wildman–Crippen MR) is 67.0 cm³/mol. The number of hydrogen-bond donors (Lipinski definition) is 1. The number of nitrogens with zero attached hydrogens (tertiary/aromatic N) is 4. The summed E-state index contributed by atoms with van der Waals surface area (Å²) in [6, 6.07) is 4.98. The van der Waals surface area contributed by atoms with Gasteiger partial charge in [-0.05, 0) is 36.9 Å². The molecule has 0 aliphatic heterocycles. The van der Waals surface area contributed by atoms with E-state index >= 15 is 0 Å². The summed E-state index contributed by atoms with van der Waals surface area (Å²) in [5, 5.41) is 14.4. The van der Waals surface area contributed by atoms with Crippen molar-refractivity contribution < 1.29 is 9.13 Å². The number of halogens is 1. The summed E-state index contributed by atoms with van der Waals surface area (Å²) in [5.41, 5.74) is 0.866. The Morgan fingerprint density at radius 3 is 2.84 bits per heavy atom. The molecule has 6 nitrogen and oxygen atoms in total. The molecule has 1 N–H and O–H groups in total. The van der Waals surface area contributed by atoms with E-state index in [1.165, 1.54) is 10.9 Å². The number of aromatic nitrogens is 4. The van der Waals surface area contributed by atoms with Crippen LogP contribution in [-0.4, -0.2) is 27.3 Å². The summed E-state index contributed by atoms with van der Waals surface area (Å²) in [6.07, 6.45) is 0. The minimum atomic E-state index is -0.400. The van der Waals surface area contributed by atoms with E-state index < -0.39 is 5.82 Å². The Bertz CT molecular complexity index is 557. The lowest BCUT2D eigenvalue weighted by atomic mass is 10.1. The molecule has 7 heteroatoms. The molecule has 1 unspecified atom stereocenters. The number of tetrazole rings is 1. The maximum Gasteiger partial charge on any atom is 0.212 e. The van der Waals surface area contributed by atoms with E-state index in [-0.39, 0.29) is 18.4 Å². The fourth-order valence-corrected chi connectivity index (χ4v) is 1.59. The number of aryl methyl sites for hydroxylation is 1. The van der Waals surface area contributed by atoms with Crippen LogP contribution < -0.4 is 10.1 Å². The van der Waals surface area contributed by atoms with E-state index in [2.05, 4.69) is 20.7 Å². The van der Waals surface area contributed by atoms with Crippen LogP contribution in [0.5, 0.6) is 5.75 Å². The molecule has 0 fully saturated rings. The Hall–Kier alpha value is -2.02. The van der Waals surface area contributed by atoms with E-state index in [1.54, 1.807) is 13.1 Å². The second kappa shape index (κ2) is 5.75. The van der Waals surface area contributed by atoms with Crippen LogP contribution in [0.1, 0.15) is 24.4 Å². The largest absolute Gasteiger partial charge is 0.482 e. The first-order valence-corrected chi connectivity index (χ1v) is 5.92. The number of ether oxygens (including phenoxy) is 1. The number of nitrogens with one attached hydrogen (secondary N) is 1. The molecular formula is C12H16FN5O. The highest BCUT2D eigenvalue weighted by atomic mass is 19.1.